The molecule has 2 rings (SSSR count). The molecule has 0 heterocycles. The Kier molecular flexibility index (Phi) is 4.15. The summed E-state index contributed by atoms with van der Waals surface area (Å²) in [5.41, 5.74) is 10.2. The lowest BCUT2D eigenvalue weighted by Gasteiger charge is -2.00. The van der Waals surface area contributed by atoms with E-state index in [0.717, 1.165) is 11.3 Å². The van der Waals surface area contributed by atoms with Crippen molar-refractivity contribution in [3.8, 4) is 0 Å². The lowest BCUT2D eigenvalue weighted by atomic mass is 10.1. The minimum absolute atomic E-state index is 0.593. The van der Waals surface area contributed by atoms with Crippen LogP contribution in [-0.2, 0) is 6.54 Å². The van der Waals surface area contributed by atoms with E-state index in [0.29, 0.717) is 6.54 Å². The number of anilines is 1. The van der Waals surface area contributed by atoms with Crippen LogP contribution < -0.4 is 11.1 Å². The van der Waals surface area contributed by atoms with E-state index in [1.807, 2.05) is 7.05 Å². The highest BCUT2D eigenvalue weighted by atomic mass is 14.8. The van der Waals surface area contributed by atoms with Gasteiger partial charge in [-0.25, -0.2) is 0 Å². The van der Waals surface area contributed by atoms with Crippen molar-refractivity contribution in [3.05, 3.63) is 65.2 Å². The minimum atomic E-state index is 0.593. The second-order valence-electron chi connectivity index (χ2n) is 4.15. The van der Waals surface area contributed by atoms with Crippen molar-refractivity contribution < 1.29 is 0 Å². The zero-order chi connectivity index (χ0) is 12.8. The maximum absolute atomic E-state index is 5.57. The van der Waals surface area contributed by atoms with Crippen LogP contribution in [-0.4, -0.2) is 7.05 Å². The van der Waals surface area contributed by atoms with E-state index < -0.39 is 0 Å². The topological polar surface area (TPSA) is 38.0 Å². The van der Waals surface area contributed by atoms with Gasteiger partial charge in [0.25, 0.3) is 0 Å². The monoisotopic (exact) mass is 238 g/mol. The fourth-order valence-electron chi connectivity index (χ4n) is 1.72. The molecule has 2 nitrogen and oxygen atoms in total. The lowest BCUT2D eigenvalue weighted by Crippen LogP contribution is -1.94. The quantitative estimate of drug-likeness (QED) is 0.802. The molecule has 0 bridgehead atoms. The van der Waals surface area contributed by atoms with Crippen molar-refractivity contribution in [2.24, 2.45) is 5.73 Å². The van der Waals surface area contributed by atoms with Gasteiger partial charge in [-0.15, -0.1) is 0 Å². The number of hydrogen-bond donors (Lipinski definition) is 2. The van der Waals surface area contributed by atoms with Crippen LogP contribution in [0.5, 0.6) is 0 Å². The first-order valence-corrected chi connectivity index (χ1v) is 6.07. The molecule has 0 aliphatic carbocycles. The predicted molar refractivity (Wildman–Crippen MR) is 79.3 cm³/mol. The van der Waals surface area contributed by atoms with Crippen molar-refractivity contribution in [2.45, 2.75) is 6.54 Å². The molecule has 0 fully saturated rings. The van der Waals surface area contributed by atoms with Crippen LogP contribution in [0.2, 0.25) is 0 Å². The summed E-state index contributed by atoms with van der Waals surface area (Å²) < 4.78 is 0. The molecule has 2 heteroatoms. The van der Waals surface area contributed by atoms with Gasteiger partial charge in [0, 0.05) is 19.3 Å². The Labute approximate surface area is 108 Å². The highest BCUT2D eigenvalue weighted by Gasteiger charge is 1.91. The molecule has 0 unspecified atom stereocenters. The number of benzene rings is 2. The first kappa shape index (κ1) is 12.4. The summed E-state index contributed by atoms with van der Waals surface area (Å²) in [7, 11) is 1.92. The third-order valence-corrected chi connectivity index (χ3v) is 2.88. The molecule has 0 radical (unpaired) electrons. The number of nitrogens with one attached hydrogen (secondary N) is 1. The average Bonchev–Trinajstić information content (AvgIpc) is 2.46. The summed E-state index contributed by atoms with van der Waals surface area (Å²) in [4.78, 5) is 0. The Morgan fingerprint density at radius 3 is 1.83 bits per heavy atom. The Balaban J connectivity index is 2.08. The van der Waals surface area contributed by atoms with Crippen molar-refractivity contribution >= 4 is 17.8 Å². The highest BCUT2D eigenvalue weighted by Crippen LogP contribution is 2.12. The number of nitrogens with two attached hydrogens (primary N) is 1. The van der Waals surface area contributed by atoms with Gasteiger partial charge in [0.15, 0.2) is 0 Å². The third kappa shape index (κ3) is 3.22. The van der Waals surface area contributed by atoms with Crippen molar-refractivity contribution in [1.29, 1.82) is 0 Å². The molecule has 2 aromatic carbocycles. The van der Waals surface area contributed by atoms with Gasteiger partial charge >= 0.3 is 0 Å². The van der Waals surface area contributed by atoms with E-state index in [1.165, 1.54) is 11.1 Å². The molecule has 0 aliphatic heterocycles. The zero-order valence-corrected chi connectivity index (χ0v) is 10.6. The van der Waals surface area contributed by atoms with Crippen LogP contribution in [0.25, 0.3) is 12.2 Å². The second-order valence-corrected chi connectivity index (χ2v) is 4.15. The summed E-state index contributed by atoms with van der Waals surface area (Å²) in [6, 6.07) is 16.6. The molecule has 0 saturated carbocycles. The van der Waals surface area contributed by atoms with Crippen LogP contribution >= 0.6 is 0 Å². The SMILES string of the molecule is CNc1ccc(C=Cc2ccc(CN)cc2)cc1. The fraction of sp³-hybridized carbons (Fsp3) is 0.125. The molecule has 0 amide bonds. The summed E-state index contributed by atoms with van der Waals surface area (Å²) >= 11 is 0. The zero-order valence-electron chi connectivity index (χ0n) is 10.6. The normalized spacial score (nSPS) is 10.8. The summed E-state index contributed by atoms with van der Waals surface area (Å²) in [5, 5.41) is 3.10. The van der Waals surface area contributed by atoms with Crippen LogP contribution in [0.4, 0.5) is 5.69 Å². The standard InChI is InChI=1S/C16H18N2/c1-18-16-10-8-14(9-11-16)3-2-13-4-6-15(12-17)7-5-13/h2-11,18H,12,17H2,1H3. The van der Waals surface area contributed by atoms with E-state index in [-0.39, 0.29) is 0 Å². The molecule has 0 spiro atoms. The molecule has 92 valence electrons. The lowest BCUT2D eigenvalue weighted by molar-refractivity contribution is 1.07. The minimum Gasteiger partial charge on any atom is -0.388 e. The van der Waals surface area contributed by atoms with Crippen molar-refractivity contribution in [1.82, 2.24) is 0 Å². The van der Waals surface area contributed by atoms with Gasteiger partial charge in [-0.2, -0.15) is 0 Å². The van der Waals surface area contributed by atoms with Gasteiger partial charge in [0.05, 0.1) is 0 Å². The van der Waals surface area contributed by atoms with E-state index in [2.05, 4.69) is 66.0 Å². The molecule has 18 heavy (non-hydrogen) atoms. The number of hydrogen-bond acceptors (Lipinski definition) is 2. The van der Waals surface area contributed by atoms with E-state index in [9.17, 15) is 0 Å². The van der Waals surface area contributed by atoms with Crippen LogP contribution in [0.3, 0.4) is 0 Å². The predicted octanol–water partition coefficient (Wildman–Crippen LogP) is 3.36. The van der Waals surface area contributed by atoms with Gasteiger partial charge in [-0.05, 0) is 28.8 Å². The smallest absolute Gasteiger partial charge is 0.0337 e. The average molecular weight is 238 g/mol. The molecule has 0 atom stereocenters. The van der Waals surface area contributed by atoms with Gasteiger partial charge in [0.1, 0.15) is 0 Å². The van der Waals surface area contributed by atoms with E-state index in [1.54, 1.807) is 0 Å². The van der Waals surface area contributed by atoms with E-state index >= 15 is 0 Å². The molecule has 3 N–H and O–H groups in total. The summed E-state index contributed by atoms with van der Waals surface area (Å²) in [5.74, 6) is 0. The van der Waals surface area contributed by atoms with Crippen molar-refractivity contribution in [3.63, 3.8) is 0 Å². The van der Waals surface area contributed by atoms with Gasteiger partial charge in [0.2, 0.25) is 0 Å². The van der Waals surface area contributed by atoms with Crippen LogP contribution in [0.1, 0.15) is 16.7 Å². The van der Waals surface area contributed by atoms with Crippen molar-refractivity contribution in [2.75, 3.05) is 12.4 Å². The van der Waals surface area contributed by atoms with Gasteiger partial charge < -0.3 is 11.1 Å². The van der Waals surface area contributed by atoms with E-state index in [4.69, 9.17) is 5.73 Å². The molecule has 2 aromatic rings. The second kappa shape index (κ2) is 6.03. The summed E-state index contributed by atoms with van der Waals surface area (Å²) in [6.45, 7) is 0.593. The maximum Gasteiger partial charge on any atom is 0.0337 e. The molecular weight excluding hydrogens is 220 g/mol. The summed E-state index contributed by atoms with van der Waals surface area (Å²) in [6.07, 6.45) is 4.21. The fourth-order valence-corrected chi connectivity index (χ4v) is 1.72. The number of rotatable bonds is 4. The Bertz CT molecular complexity index is 460. The Hall–Kier alpha value is -2.06. The largest absolute Gasteiger partial charge is 0.388 e. The Morgan fingerprint density at radius 2 is 1.39 bits per heavy atom. The highest BCUT2D eigenvalue weighted by molar-refractivity contribution is 5.70. The Morgan fingerprint density at radius 1 is 0.889 bits per heavy atom. The molecule has 0 aromatic heterocycles. The van der Waals surface area contributed by atoms with Crippen LogP contribution in [0.15, 0.2) is 48.5 Å². The molecular formula is C16H18N2. The van der Waals surface area contributed by atoms with Gasteiger partial charge in [-0.1, -0.05) is 48.6 Å². The molecule has 0 aliphatic rings. The first-order chi connectivity index (χ1) is 8.81. The van der Waals surface area contributed by atoms with Gasteiger partial charge in [-0.3, -0.25) is 0 Å². The third-order valence-electron chi connectivity index (χ3n) is 2.88. The van der Waals surface area contributed by atoms with Crippen LogP contribution in [0, 0.1) is 0 Å². The first-order valence-electron chi connectivity index (χ1n) is 6.07. The molecule has 0 saturated heterocycles. The maximum atomic E-state index is 5.57.